The summed E-state index contributed by atoms with van der Waals surface area (Å²) >= 11 is 1.20. The Balaban J connectivity index is 1.99. The second-order valence-electron chi connectivity index (χ2n) is 6.44. The first-order valence-electron chi connectivity index (χ1n) is 9.37. The first-order chi connectivity index (χ1) is 15.4. The average molecular weight is 455 g/mol. The van der Waals surface area contributed by atoms with E-state index in [4.69, 9.17) is 14.2 Å². The number of allylic oxidation sites excluding steroid dienone is 1. The minimum atomic E-state index is -0.488. The molecule has 3 rings (SSSR count). The van der Waals surface area contributed by atoms with E-state index in [0.29, 0.717) is 38.9 Å². The molecule has 0 unspecified atom stereocenters. The number of non-ortho nitro benzene ring substituents is 1. The van der Waals surface area contributed by atoms with Crippen molar-refractivity contribution in [1.29, 1.82) is 0 Å². The highest BCUT2D eigenvalue weighted by Gasteiger charge is 2.13. The molecule has 166 valence electrons. The highest BCUT2D eigenvalue weighted by atomic mass is 32.1. The number of methoxy groups -OCH3 is 3. The van der Waals surface area contributed by atoms with E-state index in [-0.39, 0.29) is 5.69 Å². The second kappa shape index (κ2) is 9.92. The summed E-state index contributed by atoms with van der Waals surface area (Å²) in [5.74, 6) is 0.891. The van der Waals surface area contributed by atoms with Gasteiger partial charge in [-0.3, -0.25) is 14.9 Å². The molecular weight excluding hydrogens is 434 g/mol. The molecule has 0 saturated heterocycles. The molecule has 1 heterocycles. The minimum Gasteiger partial charge on any atom is -0.493 e. The number of ether oxygens (including phenoxy) is 3. The fourth-order valence-electron chi connectivity index (χ4n) is 3.06. The van der Waals surface area contributed by atoms with Crippen LogP contribution < -0.4 is 19.0 Å². The van der Waals surface area contributed by atoms with Crippen molar-refractivity contribution in [1.82, 2.24) is 4.57 Å². The summed E-state index contributed by atoms with van der Waals surface area (Å²) in [4.78, 5) is 27.7. The van der Waals surface area contributed by atoms with Gasteiger partial charge in [0.2, 0.25) is 5.75 Å². The molecule has 0 aliphatic rings. The number of carbonyl (C=O) groups excluding carboxylic acids is 1. The summed E-state index contributed by atoms with van der Waals surface area (Å²) in [7, 11) is 4.53. The average Bonchev–Trinajstić information content (AvgIpc) is 3.13. The number of benzene rings is 2. The molecule has 0 aliphatic heterocycles. The van der Waals surface area contributed by atoms with Crippen molar-refractivity contribution < 1.29 is 23.9 Å². The summed E-state index contributed by atoms with van der Waals surface area (Å²) in [6.07, 6.45) is 4.58. The Morgan fingerprint density at radius 3 is 2.44 bits per heavy atom. The Kier molecular flexibility index (Phi) is 7.06. The molecule has 1 aromatic heterocycles. The molecule has 0 bridgehead atoms. The molecule has 1 amide bonds. The molecule has 0 spiro atoms. The van der Waals surface area contributed by atoms with Gasteiger partial charge in [0.05, 0.1) is 36.5 Å². The maximum atomic E-state index is 12.5. The number of rotatable bonds is 8. The van der Waals surface area contributed by atoms with Gasteiger partial charge in [-0.25, -0.2) is 0 Å². The Bertz CT molecular complexity index is 1260. The zero-order valence-electron chi connectivity index (χ0n) is 17.7. The first-order valence-corrected chi connectivity index (χ1v) is 10.2. The van der Waals surface area contributed by atoms with Gasteiger partial charge in [-0.05, 0) is 29.8 Å². The number of fused-ring (bicyclic) bond motifs is 1. The molecule has 0 fully saturated rings. The largest absolute Gasteiger partial charge is 0.493 e. The van der Waals surface area contributed by atoms with Crippen LogP contribution in [-0.4, -0.2) is 36.7 Å². The third-order valence-corrected chi connectivity index (χ3v) is 5.54. The molecule has 0 radical (unpaired) electrons. The molecular formula is C22H21N3O6S. The number of aromatic nitrogens is 1. The van der Waals surface area contributed by atoms with Crippen LogP contribution in [0.15, 0.2) is 54.1 Å². The normalized spacial score (nSPS) is 11.7. The molecule has 3 aromatic rings. The number of nitrogens with zero attached hydrogens (tertiary/aromatic N) is 3. The third kappa shape index (κ3) is 4.70. The summed E-state index contributed by atoms with van der Waals surface area (Å²) in [5.41, 5.74) is 1.37. The van der Waals surface area contributed by atoms with Crippen molar-refractivity contribution in [3.8, 4) is 17.2 Å². The topological polar surface area (TPSA) is 105 Å². The lowest BCUT2D eigenvalue weighted by molar-refractivity contribution is -0.384. The number of carbonyl (C=O) groups is 1. The Hall–Kier alpha value is -3.92. The summed E-state index contributed by atoms with van der Waals surface area (Å²) in [6, 6.07) is 7.95. The predicted octanol–water partition coefficient (Wildman–Crippen LogP) is 3.96. The van der Waals surface area contributed by atoms with E-state index in [1.165, 1.54) is 50.9 Å². The van der Waals surface area contributed by atoms with Crippen LogP contribution in [0.3, 0.4) is 0 Å². The number of hydrogen-bond acceptors (Lipinski definition) is 7. The molecule has 9 nitrogen and oxygen atoms in total. The number of hydrogen-bond donors (Lipinski definition) is 0. The molecule has 32 heavy (non-hydrogen) atoms. The maximum Gasteiger partial charge on any atom is 0.272 e. The van der Waals surface area contributed by atoms with Gasteiger partial charge in [-0.15, -0.1) is 6.58 Å². The first kappa shape index (κ1) is 22.8. The van der Waals surface area contributed by atoms with Crippen LogP contribution in [0.1, 0.15) is 5.56 Å². The Morgan fingerprint density at radius 1 is 1.19 bits per heavy atom. The lowest BCUT2D eigenvalue weighted by Crippen LogP contribution is -2.15. The quantitative estimate of drug-likeness (QED) is 0.220. The SMILES string of the molecule is C=CCn1c(=NC(=O)/C=C\c2cc(OC)c(OC)c(OC)c2)sc2cc([N+](=O)[O-])ccc21. The van der Waals surface area contributed by atoms with Gasteiger partial charge in [0.15, 0.2) is 16.3 Å². The Morgan fingerprint density at radius 2 is 1.88 bits per heavy atom. The fraction of sp³-hybridized carbons (Fsp3) is 0.182. The standard InChI is InChI=1S/C22H21N3O6S/c1-5-10-24-16-8-7-15(25(27)28)13-19(16)32-22(24)23-20(26)9-6-14-11-17(29-2)21(31-4)18(12-14)30-3/h5-9,11-13H,1,10H2,2-4H3/b9-6-,23-22?. The van der Waals surface area contributed by atoms with E-state index >= 15 is 0 Å². The van der Waals surface area contributed by atoms with E-state index in [1.807, 2.05) is 0 Å². The molecule has 2 aromatic carbocycles. The number of nitro groups is 1. The third-order valence-electron chi connectivity index (χ3n) is 4.50. The minimum absolute atomic E-state index is 0.0234. The van der Waals surface area contributed by atoms with Crippen molar-refractivity contribution in [2.45, 2.75) is 6.54 Å². The van der Waals surface area contributed by atoms with Gasteiger partial charge < -0.3 is 18.8 Å². The smallest absolute Gasteiger partial charge is 0.272 e. The zero-order valence-corrected chi connectivity index (χ0v) is 18.5. The van der Waals surface area contributed by atoms with E-state index in [2.05, 4.69) is 11.6 Å². The highest BCUT2D eigenvalue weighted by Crippen LogP contribution is 2.38. The van der Waals surface area contributed by atoms with Crippen LogP contribution in [0.25, 0.3) is 16.3 Å². The maximum absolute atomic E-state index is 12.5. The van der Waals surface area contributed by atoms with Gasteiger partial charge in [-0.2, -0.15) is 4.99 Å². The van der Waals surface area contributed by atoms with Gasteiger partial charge >= 0.3 is 0 Å². The lowest BCUT2D eigenvalue weighted by atomic mass is 10.1. The predicted molar refractivity (Wildman–Crippen MR) is 122 cm³/mol. The molecule has 0 saturated carbocycles. The van der Waals surface area contributed by atoms with Crippen LogP contribution in [0, 0.1) is 10.1 Å². The van der Waals surface area contributed by atoms with Crippen molar-refractivity contribution in [3.63, 3.8) is 0 Å². The van der Waals surface area contributed by atoms with Crippen molar-refractivity contribution in [3.05, 3.63) is 69.5 Å². The highest BCUT2D eigenvalue weighted by molar-refractivity contribution is 7.16. The Labute approximate surface area is 187 Å². The summed E-state index contributed by atoms with van der Waals surface area (Å²) in [6.45, 7) is 4.14. The molecule has 0 atom stereocenters. The van der Waals surface area contributed by atoms with Crippen LogP contribution in [0.2, 0.25) is 0 Å². The molecule has 0 N–H and O–H groups in total. The van der Waals surface area contributed by atoms with E-state index in [0.717, 1.165) is 5.52 Å². The molecule has 10 heteroatoms. The number of amides is 1. The van der Waals surface area contributed by atoms with Crippen LogP contribution in [0.5, 0.6) is 17.2 Å². The van der Waals surface area contributed by atoms with Gasteiger partial charge in [0, 0.05) is 24.8 Å². The fourth-order valence-corrected chi connectivity index (χ4v) is 4.14. The summed E-state index contributed by atoms with van der Waals surface area (Å²) < 4.78 is 18.4. The van der Waals surface area contributed by atoms with Crippen molar-refractivity contribution in [2.75, 3.05) is 21.3 Å². The van der Waals surface area contributed by atoms with Gasteiger partial charge in [0.25, 0.3) is 11.6 Å². The van der Waals surface area contributed by atoms with Gasteiger partial charge in [-0.1, -0.05) is 17.4 Å². The monoisotopic (exact) mass is 455 g/mol. The second-order valence-corrected chi connectivity index (χ2v) is 7.44. The number of nitro benzene ring substituents is 1. The van der Waals surface area contributed by atoms with Crippen LogP contribution in [-0.2, 0) is 11.3 Å². The number of thiazole rings is 1. The van der Waals surface area contributed by atoms with Crippen LogP contribution in [0.4, 0.5) is 5.69 Å². The van der Waals surface area contributed by atoms with E-state index in [1.54, 1.807) is 34.9 Å². The van der Waals surface area contributed by atoms with Crippen LogP contribution >= 0.6 is 11.3 Å². The van der Waals surface area contributed by atoms with E-state index in [9.17, 15) is 14.9 Å². The van der Waals surface area contributed by atoms with E-state index < -0.39 is 10.8 Å². The lowest BCUT2D eigenvalue weighted by Gasteiger charge is -2.12. The zero-order chi connectivity index (χ0) is 23.3. The molecule has 0 aliphatic carbocycles. The van der Waals surface area contributed by atoms with Crippen molar-refractivity contribution in [2.24, 2.45) is 4.99 Å². The summed E-state index contributed by atoms with van der Waals surface area (Å²) in [5, 5.41) is 11.1. The van der Waals surface area contributed by atoms with Gasteiger partial charge in [0.1, 0.15) is 0 Å². The van der Waals surface area contributed by atoms with Crippen molar-refractivity contribution >= 4 is 39.2 Å².